The average Bonchev–Trinajstić information content (AvgIpc) is 2.63. The molecule has 0 aliphatic carbocycles. The Balaban J connectivity index is 1.68. The van der Waals surface area contributed by atoms with Crippen molar-refractivity contribution in [2.24, 2.45) is 0 Å². The smallest absolute Gasteiger partial charge is 0.225 e. The van der Waals surface area contributed by atoms with Crippen molar-refractivity contribution in [3.8, 4) is 11.3 Å². The van der Waals surface area contributed by atoms with Crippen LogP contribution in [0.25, 0.3) is 11.3 Å². The number of rotatable bonds is 7. The van der Waals surface area contributed by atoms with Crippen molar-refractivity contribution in [1.82, 2.24) is 19.9 Å². The molecule has 7 heteroatoms. The number of aromatic nitrogens is 3. The average molecular weight is 328 g/mol. The van der Waals surface area contributed by atoms with E-state index < -0.39 is 0 Å². The lowest BCUT2D eigenvalue weighted by Gasteiger charge is -2.26. The van der Waals surface area contributed by atoms with E-state index >= 15 is 0 Å². The van der Waals surface area contributed by atoms with Crippen LogP contribution in [0.4, 0.5) is 11.8 Å². The predicted octanol–water partition coefficient (Wildman–Crippen LogP) is 1.71. The molecule has 0 aromatic carbocycles. The monoisotopic (exact) mass is 328 g/mol. The zero-order valence-corrected chi connectivity index (χ0v) is 14.0. The minimum Gasteiger partial charge on any atom is -0.379 e. The second kappa shape index (κ2) is 8.56. The van der Waals surface area contributed by atoms with Gasteiger partial charge in [-0.2, -0.15) is 4.98 Å². The number of nitrogens with one attached hydrogen (secondary N) is 2. The maximum absolute atomic E-state index is 5.38. The topological polar surface area (TPSA) is 75.2 Å². The summed E-state index contributed by atoms with van der Waals surface area (Å²) < 4.78 is 5.38. The zero-order valence-electron chi connectivity index (χ0n) is 14.0. The Hall–Kier alpha value is -2.25. The Morgan fingerprint density at radius 2 is 1.92 bits per heavy atom. The quantitative estimate of drug-likeness (QED) is 0.801. The highest BCUT2D eigenvalue weighted by atomic mass is 16.5. The molecule has 0 radical (unpaired) electrons. The molecule has 0 spiro atoms. The molecule has 1 aliphatic heterocycles. The van der Waals surface area contributed by atoms with Crippen LogP contribution in [0, 0.1) is 0 Å². The predicted molar refractivity (Wildman–Crippen MR) is 95.2 cm³/mol. The lowest BCUT2D eigenvalue weighted by Crippen LogP contribution is -2.39. The summed E-state index contributed by atoms with van der Waals surface area (Å²) in [6.45, 7) is 8.29. The maximum Gasteiger partial charge on any atom is 0.225 e. The molecule has 1 fully saturated rings. The van der Waals surface area contributed by atoms with E-state index in [1.807, 2.05) is 25.1 Å². The summed E-state index contributed by atoms with van der Waals surface area (Å²) in [5, 5.41) is 6.60. The largest absolute Gasteiger partial charge is 0.379 e. The number of morpholine rings is 1. The second-order valence-corrected chi connectivity index (χ2v) is 5.61. The van der Waals surface area contributed by atoms with Crippen LogP contribution < -0.4 is 10.6 Å². The Morgan fingerprint density at radius 3 is 2.67 bits per heavy atom. The SMILES string of the molecule is CCNc1nc(NCCN2CCOCC2)cc(-c2ccncc2)n1. The van der Waals surface area contributed by atoms with Crippen LogP contribution in [0.15, 0.2) is 30.6 Å². The molecular weight excluding hydrogens is 304 g/mol. The molecule has 3 heterocycles. The third-order valence-electron chi connectivity index (χ3n) is 3.87. The highest BCUT2D eigenvalue weighted by Gasteiger charge is 2.10. The number of hydrogen-bond donors (Lipinski definition) is 2. The van der Waals surface area contributed by atoms with E-state index in [9.17, 15) is 0 Å². The molecular formula is C17H24N6O. The van der Waals surface area contributed by atoms with Crippen molar-refractivity contribution in [2.45, 2.75) is 6.92 Å². The van der Waals surface area contributed by atoms with E-state index in [4.69, 9.17) is 4.74 Å². The number of nitrogens with zero attached hydrogens (tertiary/aromatic N) is 4. The molecule has 0 saturated carbocycles. The van der Waals surface area contributed by atoms with Gasteiger partial charge < -0.3 is 15.4 Å². The molecule has 1 saturated heterocycles. The summed E-state index contributed by atoms with van der Waals surface area (Å²) in [5.74, 6) is 1.47. The van der Waals surface area contributed by atoms with Gasteiger partial charge in [-0.1, -0.05) is 0 Å². The fourth-order valence-electron chi connectivity index (χ4n) is 2.61. The van der Waals surface area contributed by atoms with Gasteiger partial charge in [0.25, 0.3) is 0 Å². The van der Waals surface area contributed by atoms with Crippen molar-refractivity contribution < 1.29 is 4.74 Å². The highest BCUT2D eigenvalue weighted by Crippen LogP contribution is 2.20. The molecule has 1 aliphatic rings. The molecule has 0 bridgehead atoms. The Kier molecular flexibility index (Phi) is 5.92. The van der Waals surface area contributed by atoms with Gasteiger partial charge in [-0.05, 0) is 19.1 Å². The van der Waals surface area contributed by atoms with E-state index in [0.29, 0.717) is 5.95 Å². The first-order valence-corrected chi connectivity index (χ1v) is 8.42. The van der Waals surface area contributed by atoms with Gasteiger partial charge in [0, 0.05) is 56.7 Å². The minimum absolute atomic E-state index is 0.640. The first kappa shape index (κ1) is 16.6. The summed E-state index contributed by atoms with van der Waals surface area (Å²) >= 11 is 0. The van der Waals surface area contributed by atoms with Crippen LogP contribution in [-0.2, 0) is 4.74 Å². The summed E-state index contributed by atoms with van der Waals surface area (Å²) in [5.41, 5.74) is 1.92. The second-order valence-electron chi connectivity index (χ2n) is 5.61. The molecule has 0 unspecified atom stereocenters. The lowest BCUT2D eigenvalue weighted by molar-refractivity contribution is 0.0398. The number of hydrogen-bond acceptors (Lipinski definition) is 7. The van der Waals surface area contributed by atoms with Gasteiger partial charge in [0.2, 0.25) is 5.95 Å². The Labute approximate surface area is 142 Å². The first-order valence-electron chi connectivity index (χ1n) is 8.42. The van der Waals surface area contributed by atoms with Gasteiger partial charge in [0.15, 0.2) is 0 Å². The summed E-state index contributed by atoms with van der Waals surface area (Å²) in [7, 11) is 0. The Morgan fingerprint density at radius 1 is 1.12 bits per heavy atom. The van der Waals surface area contributed by atoms with Crippen molar-refractivity contribution in [1.29, 1.82) is 0 Å². The van der Waals surface area contributed by atoms with Crippen molar-refractivity contribution in [2.75, 3.05) is 56.6 Å². The normalized spacial score (nSPS) is 15.2. The number of anilines is 2. The third-order valence-corrected chi connectivity index (χ3v) is 3.87. The van der Waals surface area contributed by atoms with Gasteiger partial charge in [-0.15, -0.1) is 0 Å². The van der Waals surface area contributed by atoms with E-state index in [1.54, 1.807) is 12.4 Å². The van der Waals surface area contributed by atoms with Crippen LogP contribution in [0.1, 0.15) is 6.92 Å². The number of pyridine rings is 1. The van der Waals surface area contributed by atoms with Crippen LogP contribution in [-0.4, -0.2) is 65.8 Å². The number of ether oxygens (including phenoxy) is 1. The van der Waals surface area contributed by atoms with Gasteiger partial charge in [0.05, 0.1) is 18.9 Å². The maximum atomic E-state index is 5.38. The van der Waals surface area contributed by atoms with Gasteiger partial charge in [-0.25, -0.2) is 4.98 Å². The van der Waals surface area contributed by atoms with E-state index in [-0.39, 0.29) is 0 Å². The fraction of sp³-hybridized carbons (Fsp3) is 0.471. The molecule has 128 valence electrons. The van der Waals surface area contributed by atoms with E-state index in [1.165, 1.54) is 0 Å². The standard InChI is InChI=1S/C17H24N6O/c1-2-19-17-21-15(14-3-5-18-6-4-14)13-16(22-17)20-7-8-23-9-11-24-12-10-23/h3-6,13H,2,7-12H2,1H3,(H2,19,20,21,22). The summed E-state index contributed by atoms with van der Waals surface area (Å²) in [6.07, 6.45) is 3.55. The zero-order chi connectivity index (χ0) is 16.6. The first-order chi connectivity index (χ1) is 11.8. The minimum atomic E-state index is 0.640. The van der Waals surface area contributed by atoms with Crippen LogP contribution in [0.2, 0.25) is 0 Å². The van der Waals surface area contributed by atoms with E-state index in [0.717, 1.165) is 63.0 Å². The molecule has 2 aromatic rings. The van der Waals surface area contributed by atoms with Gasteiger partial charge in [0.1, 0.15) is 5.82 Å². The molecule has 2 N–H and O–H groups in total. The molecule has 3 rings (SSSR count). The highest BCUT2D eigenvalue weighted by molar-refractivity contribution is 5.63. The van der Waals surface area contributed by atoms with Crippen molar-refractivity contribution >= 4 is 11.8 Å². The summed E-state index contributed by atoms with van der Waals surface area (Å²) in [6, 6.07) is 5.89. The van der Waals surface area contributed by atoms with Gasteiger partial charge >= 0.3 is 0 Å². The summed E-state index contributed by atoms with van der Waals surface area (Å²) in [4.78, 5) is 15.6. The van der Waals surface area contributed by atoms with Crippen LogP contribution >= 0.6 is 0 Å². The van der Waals surface area contributed by atoms with Crippen LogP contribution in [0.5, 0.6) is 0 Å². The Bertz CT molecular complexity index is 630. The van der Waals surface area contributed by atoms with Crippen molar-refractivity contribution in [3.05, 3.63) is 30.6 Å². The lowest BCUT2D eigenvalue weighted by atomic mass is 10.2. The molecule has 24 heavy (non-hydrogen) atoms. The molecule has 2 aromatic heterocycles. The molecule has 0 atom stereocenters. The van der Waals surface area contributed by atoms with E-state index in [2.05, 4.69) is 30.5 Å². The van der Waals surface area contributed by atoms with Crippen LogP contribution in [0.3, 0.4) is 0 Å². The van der Waals surface area contributed by atoms with Gasteiger partial charge in [-0.3, -0.25) is 9.88 Å². The molecule has 7 nitrogen and oxygen atoms in total. The fourth-order valence-corrected chi connectivity index (χ4v) is 2.61. The molecule has 0 amide bonds. The van der Waals surface area contributed by atoms with Crippen molar-refractivity contribution in [3.63, 3.8) is 0 Å². The third kappa shape index (κ3) is 4.62.